The molecule has 1 N–H and O–H groups in total. The van der Waals surface area contributed by atoms with Crippen molar-refractivity contribution in [1.29, 1.82) is 0 Å². The average Bonchev–Trinajstić information content (AvgIpc) is 2.57. The molecule has 0 bridgehead atoms. The molecule has 0 radical (unpaired) electrons. The van der Waals surface area contributed by atoms with Gasteiger partial charge in [0.15, 0.2) is 0 Å². The van der Waals surface area contributed by atoms with E-state index >= 15 is 0 Å². The minimum Gasteiger partial charge on any atom is -0.378 e. The highest BCUT2D eigenvalue weighted by Gasteiger charge is 2.35. The Morgan fingerprint density at radius 3 is 2.67 bits per heavy atom. The molecule has 0 aromatic rings. The van der Waals surface area contributed by atoms with E-state index in [0.717, 1.165) is 26.1 Å². The van der Waals surface area contributed by atoms with Gasteiger partial charge in [-0.2, -0.15) is 0 Å². The van der Waals surface area contributed by atoms with E-state index in [-0.39, 0.29) is 17.9 Å². The van der Waals surface area contributed by atoms with Crippen LogP contribution in [-0.4, -0.2) is 49.2 Å². The summed E-state index contributed by atoms with van der Waals surface area (Å²) in [5.74, 6) is 0.383. The standard InChI is InChI=1S/C11H20N2O2/c1-3-13(10-5-12-6-10)11(14)9-4-8(2)15-7-9/h8-10,12H,3-7H2,1-2H3. The molecule has 4 heteroatoms. The molecule has 2 heterocycles. The average molecular weight is 212 g/mol. The number of nitrogens with zero attached hydrogens (tertiary/aromatic N) is 1. The van der Waals surface area contributed by atoms with Crippen molar-refractivity contribution in [2.75, 3.05) is 26.2 Å². The summed E-state index contributed by atoms with van der Waals surface area (Å²) in [5.41, 5.74) is 0. The molecule has 0 saturated carbocycles. The summed E-state index contributed by atoms with van der Waals surface area (Å²) in [7, 11) is 0. The largest absolute Gasteiger partial charge is 0.378 e. The Kier molecular flexibility index (Phi) is 3.26. The van der Waals surface area contributed by atoms with E-state index in [9.17, 15) is 4.79 Å². The molecule has 0 aromatic carbocycles. The Morgan fingerprint density at radius 2 is 2.27 bits per heavy atom. The fourth-order valence-electron chi connectivity index (χ4n) is 2.31. The Balaban J connectivity index is 1.92. The third-order valence-electron chi connectivity index (χ3n) is 3.37. The smallest absolute Gasteiger partial charge is 0.228 e. The topological polar surface area (TPSA) is 41.6 Å². The van der Waals surface area contributed by atoms with Crippen molar-refractivity contribution in [1.82, 2.24) is 10.2 Å². The summed E-state index contributed by atoms with van der Waals surface area (Å²) in [5, 5.41) is 3.21. The van der Waals surface area contributed by atoms with Crippen LogP contribution in [0.5, 0.6) is 0 Å². The number of hydrogen-bond acceptors (Lipinski definition) is 3. The van der Waals surface area contributed by atoms with Gasteiger partial charge in [-0.3, -0.25) is 4.79 Å². The quantitative estimate of drug-likeness (QED) is 0.728. The van der Waals surface area contributed by atoms with Gasteiger partial charge in [0.05, 0.1) is 24.7 Å². The molecular weight excluding hydrogens is 192 g/mol. The van der Waals surface area contributed by atoms with E-state index in [4.69, 9.17) is 4.74 Å². The highest BCUT2D eigenvalue weighted by atomic mass is 16.5. The van der Waals surface area contributed by atoms with E-state index < -0.39 is 0 Å². The number of rotatable bonds is 3. The van der Waals surface area contributed by atoms with Gasteiger partial charge in [-0.15, -0.1) is 0 Å². The molecule has 2 atom stereocenters. The first-order valence-corrected chi connectivity index (χ1v) is 5.85. The van der Waals surface area contributed by atoms with Crippen LogP contribution in [0.3, 0.4) is 0 Å². The summed E-state index contributed by atoms with van der Waals surface area (Å²) in [6.45, 7) is 7.40. The van der Waals surface area contributed by atoms with Crippen LogP contribution < -0.4 is 5.32 Å². The minimum absolute atomic E-state index is 0.0977. The molecule has 2 aliphatic rings. The van der Waals surface area contributed by atoms with Gasteiger partial charge in [0.2, 0.25) is 5.91 Å². The van der Waals surface area contributed by atoms with Crippen molar-refractivity contribution in [3.8, 4) is 0 Å². The van der Waals surface area contributed by atoms with Gasteiger partial charge in [-0.25, -0.2) is 0 Å². The molecule has 0 spiro atoms. The fourth-order valence-corrected chi connectivity index (χ4v) is 2.31. The summed E-state index contributed by atoms with van der Waals surface area (Å²) < 4.78 is 5.45. The van der Waals surface area contributed by atoms with Crippen molar-refractivity contribution in [3.63, 3.8) is 0 Å². The Morgan fingerprint density at radius 1 is 1.53 bits per heavy atom. The van der Waals surface area contributed by atoms with Crippen LogP contribution in [-0.2, 0) is 9.53 Å². The van der Waals surface area contributed by atoms with E-state index in [0.29, 0.717) is 12.6 Å². The van der Waals surface area contributed by atoms with Gasteiger partial charge < -0.3 is 15.0 Å². The molecule has 2 saturated heterocycles. The van der Waals surface area contributed by atoms with E-state index in [1.54, 1.807) is 0 Å². The number of nitrogens with one attached hydrogen (secondary N) is 1. The van der Waals surface area contributed by atoms with Crippen molar-refractivity contribution in [3.05, 3.63) is 0 Å². The highest BCUT2D eigenvalue weighted by molar-refractivity contribution is 5.79. The molecule has 2 rings (SSSR count). The normalized spacial score (nSPS) is 31.3. The second-order valence-electron chi connectivity index (χ2n) is 4.51. The summed E-state index contributed by atoms with van der Waals surface area (Å²) in [4.78, 5) is 14.2. The van der Waals surface area contributed by atoms with Gasteiger partial charge in [0, 0.05) is 19.6 Å². The van der Waals surface area contributed by atoms with Crippen molar-refractivity contribution < 1.29 is 9.53 Å². The Labute approximate surface area is 91.0 Å². The first-order valence-electron chi connectivity index (χ1n) is 5.85. The molecule has 2 aliphatic heterocycles. The van der Waals surface area contributed by atoms with Crippen LogP contribution >= 0.6 is 0 Å². The molecular formula is C11H20N2O2. The van der Waals surface area contributed by atoms with E-state index in [2.05, 4.69) is 12.2 Å². The first-order chi connectivity index (χ1) is 7.22. The van der Waals surface area contributed by atoms with Crippen LogP contribution in [0.1, 0.15) is 20.3 Å². The maximum Gasteiger partial charge on any atom is 0.228 e. The molecule has 2 unspecified atom stereocenters. The molecule has 0 aliphatic carbocycles. The molecule has 1 amide bonds. The zero-order valence-corrected chi connectivity index (χ0v) is 9.53. The fraction of sp³-hybridized carbons (Fsp3) is 0.909. The monoisotopic (exact) mass is 212 g/mol. The number of carbonyl (C=O) groups is 1. The summed E-state index contributed by atoms with van der Waals surface area (Å²) in [6, 6.07) is 0.415. The molecule has 0 aromatic heterocycles. The zero-order valence-electron chi connectivity index (χ0n) is 9.53. The maximum atomic E-state index is 12.2. The van der Waals surface area contributed by atoms with Crippen molar-refractivity contribution >= 4 is 5.91 Å². The second-order valence-corrected chi connectivity index (χ2v) is 4.51. The lowest BCUT2D eigenvalue weighted by Gasteiger charge is -2.38. The van der Waals surface area contributed by atoms with Gasteiger partial charge in [0.25, 0.3) is 0 Å². The molecule has 86 valence electrons. The van der Waals surface area contributed by atoms with Crippen LogP contribution in [0.2, 0.25) is 0 Å². The lowest BCUT2D eigenvalue weighted by molar-refractivity contribution is -0.138. The Hall–Kier alpha value is -0.610. The summed E-state index contributed by atoms with van der Waals surface area (Å²) in [6.07, 6.45) is 1.13. The first kappa shape index (κ1) is 10.9. The molecule has 15 heavy (non-hydrogen) atoms. The SMILES string of the molecule is CCN(C(=O)C1COC(C)C1)C1CNC1. The number of ether oxygens (including phenoxy) is 1. The lowest BCUT2D eigenvalue weighted by Crippen LogP contribution is -2.59. The number of likely N-dealkylation sites (N-methyl/N-ethyl adjacent to an activating group) is 1. The second kappa shape index (κ2) is 4.49. The van der Waals surface area contributed by atoms with E-state index in [1.165, 1.54) is 0 Å². The van der Waals surface area contributed by atoms with Crippen LogP contribution in [0.25, 0.3) is 0 Å². The number of hydrogen-bond donors (Lipinski definition) is 1. The third kappa shape index (κ3) is 2.16. The Bertz CT molecular complexity index is 241. The lowest BCUT2D eigenvalue weighted by atomic mass is 10.0. The van der Waals surface area contributed by atoms with E-state index in [1.807, 2.05) is 11.8 Å². The maximum absolute atomic E-state index is 12.2. The molecule has 2 fully saturated rings. The van der Waals surface area contributed by atoms with Crippen LogP contribution in [0.15, 0.2) is 0 Å². The zero-order chi connectivity index (χ0) is 10.8. The van der Waals surface area contributed by atoms with Crippen molar-refractivity contribution in [2.24, 2.45) is 5.92 Å². The highest BCUT2D eigenvalue weighted by Crippen LogP contribution is 2.22. The molecule has 4 nitrogen and oxygen atoms in total. The minimum atomic E-state index is 0.0977. The van der Waals surface area contributed by atoms with Gasteiger partial charge >= 0.3 is 0 Å². The summed E-state index contributed by atoms with van der Waals surface area (Å²) >= 11 is 0. The van der Waals surface area contributed by atoms with Gasteiger partial charge in [-0.05, 0) is 20.3 Å². The van der Waals surface area contributed by atoms with Gasteiger partial charge in [0.1, 0.15) is 0 Å². The predicted molar refractivity (Wildman–Crippen MR) is 57.6 cm³/mol. The predicted octanol–water partition coefficient (Wildman–Crippen LogP) is 0.232. The van der Waals surface area contributed by atoms with Crippen LogP contribution in [0, 0.1) is 5.92 Å². The third-order valence-corrected chi connectivity index (χ3v) is 3.37. The number of carbonyl (C=O) groups excluding carboxylic acids is 1. The van der Waals surface area contributed by atoms with Gasteiger partial charge in [-0.1, -0.05) is 0 Å². The van der Waals surface area contributed by atoms with Crippen molar-refractivity contribution in [2.45, 2.75) is 32.4 Å². The van der Waals surface area contributed by atoms with Crippen LogP contribution in [0.4, 0.5) is 0 Å². The number of amides is 1.